The van der Waals surface area contributed by atoms with Crippen LogP contribution in [0.15, 0.2) is 36.4 Å². The zero-order valence-electron chi connectivity index (χ0n) is 9.61. The number of aromatic nitrogens is 2. The van der Waals surface area contributed by atoms with Gasteiger partial charge in [-0.1, -0.05) is 30.3 Å². The molecule has 1 aromatic carbocycles. The third kappa shape index (κ3) is 1.78. The third-order valence-electron chi connectivity index (χ3n) is 2.99. The molecule has 0 saturated heterocycles. The number of nitrogens with zero attached hydrogens (tertiary/aromatic N) is 2. The van der Waals surface area contributed by atoms with E-state index in [0.29, 0.717) is 13.2 Å². The normalized spacial score (nSPS) is 18.3. The lowest BCUT2D eigenvalue weighted by molar-refractivity contribution is 0.0420. The number of ether oxygens (including phenoxy) is 1. The molecule has 2 aromatic rings. The number of aromatic carboxylic acids is 1. The van der Waals surface area contributed by atoms with Crippen LogP contribution in [0.5, 0.6) is 0 Å². The molecule has 18 heavy (non-hydrogen) atoms. The van der Waals surface area contributed by atoms with Crippen LogP contribution in [0.2, 0.25) is 0 Å². The average molecular weight is 244 g/mol. The van der Waals surface area contributed by atoms with Crippen molar-refractivity contribution in [3.63, 3.8) is 0 Å². The minimum Gasteiger partial charge on any atom is -0.476 e. The minimum atomic E-state index is -1.01. The number of benzene rings is 1. The molecule has 1 aliphatic heterocycles. The fourth-order valence-corrected chi connectivity index (χ4v) is 2.16. The Bertz CT molecular complexity index is 577. The van der Waals surface area contributed by atoms with Crippen LogP contribution >= 0.6 is 0 Å². The summed E-state index contributed by atoms with van der Waals surface area (Å²) < 4.78 is 7.44. The highest BCUT2D eigenvalue weighted by Gasteiger charge is 2.26. The quantitative estimate of drug-likeness (QED) is 0.873. The molecule has 0 unspecified atom stereocenters. The van der Waals surface area contributed by atoms with E-state index in [1.54, 1.807) is 10.7 Å². The van der Waals surface area contributed by atoms with Crippen LogP contribution in [-0.2, 0) is 11.3 Å². The molecule has 0 radical (unpaired) electrons. The number of hydrogen-bond donors (Lipinski definition) is 1. The van der Waals surface area contributed by atoms with Crippen LogP contribution in [0.3, 0.4) is 0 Å². The van der Waals surface area contributed by atoms with Gasteiger partial charge in [-0.2, -0.15) is 5.10 Å². The predicted octanol–water partition coefficient (Wildman–Crippen LogP) is 1.70. The first-order valence-electron chi connectivity index (χ1n) is 5.73. The fraction of sp³-hybridized carbons (Fsp3) is 0.231. The summed E-state index contributed by atoms with van der Waals surface area (Å²) in [7, 11) is 0. The predicted molar refractivity (Wildman–Crippen MR) is 63.4 cm³/mol. The smallest absolute Gasteiger partial charge is 0.356 e. The molecule has 3 rings (SSSR count). The molecule has 0 fully saturated rings. The lowest BCUT2D eigenvalue weighted by atomic mass is 10.1. The Morgan fingerprint density at radius 1 is 1.39 bits per heavy atom. The number of carboxylic acids is 1. The third-order valence-corrected chi connectivity index (χ3v) is 2.99. The monoisotopic (exact) mass is 244 g/mol. The average Bonchev–Trinajstić information content (AvgIpc) is 2.83. The van der Waals surface area contributed by atoms with Crippen molar-refractivity contribution in [3.05, 3.63) is 53.3 Å². The summed E-state index contributed by atoms with van der Waals surface area (Å²) in [6.45, 7) is 1.12. The molecule has 0 saturated carbocycles. The molecule has 1 aliphatic rings. The SMILES string of the molecule is O=C(O)c1cc2n(n1)CCO[C@H]2c1ccccc1. The van der Waals surface area contributed by atoms with Crippen molar-refractivity contribution in [2.45, 2.75) is 12.6 Å². The maximum absolute atomic E-state index is 10.9. The highest BCUT2D eigenvalue weighted by molar-refractivity contribution is 5.85. The van der Waals surface area contributed by atoms with E-state index < -0.39 is 5.97 Å². The van der Waals surface area contributed by atoms with Crippen molar-refractivity contribution in [1.29, 1.82) is 0 Å². The Kier molecular flexibility index (Phi) is 2.60. The van der Waals surface area contributed by atoms with Gasteiger partial charge in [-0.25, -0.2) is 4.79 Å². The van der Waals surface area contributed by atoms with Crippen molar-refractivity contribution >= 4 is 5.97 Å². The summed E-state index contributed by atoms with van der Waals surface area (Å²) in [4.78, 5) is 10.9. The highest BCUT2D eigenvalue weighted by Crippen LogP contribution is 2.29. The van der Waals surface area contributed by atoms with Gasteiger partial charge in [0, 0.05) is 0 Å². The van der Waals surface area contributed by atoms with Gasteiger partial charge in [-0.3, -0.25) is 4.68 Å². The second-order valence-electron chi connectivity index (χ2n) is 4.14. The van der Waals surface area contributed by atoms with Gasteiger partial charge < -0.3 is 9.84 Å². The first kappa shape index (κ1) is 11.0. The summed E-state index contributed by atoms with van der Waals surface area (Å²) in [5.41, 5.74) is 1.87. The van der Waals surface area contributed by atoms with E-state index in [0.717, 1.165) is 11.3 Å². The van der Waals surface area contributed by atoms with E-state index in [1.807, 2.05) is 30.3 Å². The minimum absolute atomic E-state index is 0.0661. The van der Waals surface area contributed by atoms with Crippen LogP contribution in [0.1, 0.15) is 27.8 Å². The topological polar surface area (TPSA) is 64.3 Å². The Labute approximate surface area is 104 Å². The molecule has 0 amide bonds. The molecule has 1 aromatic heterocycles. The van der Waals surface area contributed by atoms with E-state index in [1.165, 1.54) is 0 Å². The summed E-state index contributed by atoms with van der Waals surface area (Å²) in [6, 6.07) is 11.3. The lowest BCUT2D eigenvalue weighted by Crippen LogP contribution is -2.22. The Hall–Kier alpha value is -2.14. The Balaban J connectivity index is 2.04. The van der Waals surface area contributed by atoms with Gasteiger partial charge >= 0.3 is 5.97 Å². The van der Waals surface area contributed by atoms with Gasteiger partial charge in [0.25, 0.3) is 0 Å². The number of fused-ring (bicyclic) bond motifs is 1. The maximum Gasteiger partial charge on any atom is 0.356 e. The number of hydrogen-bond acceptors (Lipinski definition) is 3. The van der Waals surface area contributed by atoms with E-state index >= 15 is 0 Å². The van der Waals surface area contributed by atoms with Gasteiger partial charge in [0.05, 0.1) is 18.8 Å². The number of carboxylic acid groups (broad SMARTS) is 1. The van der Waals surface area contributed by atoms with Crippen LogP contribution in [0.4, 0.5) is 0 Å². The van der Waals surface area contributed by atoms with E-state index in [4.69, 9.17) is 9.84 Å². The Morgan fingerprint density at radius 2 is 2.17 bits per heavy atom. The van der Waals surface area contributed by atoms with Gasteiger partial charge in [0.1, 0.15) is 6.10 Å². The molecule has 0 aliphatic carbocycles. The Morgan fingerprint density at radius 3 is 2.89 bits per heavy atom. The molecular weight excluding hydrogens is 232 g/mol. The summed E-state index contributed by atoms with van der Waals surface area (Å²) in [6.07, 6.45) is -0.236. The summed E-state index contributed by atoms with van der Waals surface area (Å²) in [5.74, 6) is -1.01. The zero-order chi connectivity index (χ0) is 12.5. The van der Waals surface area contributed by atoms with Gasteiger partial charge in [-0.05, 0) is 11.6 Å². The van der Waals surface area contributed by atoms with Crippen molar-refractivity contribution in [2.75, 3.05) is 6.61 Å². The number of carbonyl (C=O) groups is 1. The second-order valence-corrected chi connectivity index (χ2v) is 4.14. The van der Waals surface area contributed by atoms with Crippen molar-refractivity contribution in [3.8, 4) is 0 Å². The van der Waals surface area contributed by atoms with Crippen LogP contribution in [0, 0.1) is 0 Å². The highest BCUT2D eigenvalue weighted by atomic mass is 16.5. The molecule has 0 bridgehead atoms. The molecule has 92 valence electrons. The van der Waals surface area contributed by atoms with Crippen LogP contribution < -0.4 is 0 Å². The van der Waals surface area contributed by atoms with E-state index in [-0.39, 0.29) is 11.8 Å². The lowest BCUT2D eigenvalue weighted by Gasteiger charge is -2.24. The zero-order valence-corrected chi connectivity index (χ0v) is 9.61. The van der Waals surface area contributed by atoms with Crippen LogP contribution in [0.25, 0.3) is 0 Å². The van der Waals surface area contributed by atoms with Crippen molar-refractivity contribution in [1.82, 2.24) is 9.78 Å². The number of rotatable bonds is 2. The van der Waals surface area contributed by atoms with Crippen molar-refractivity contribution < 1.29 is 14.6 Å². The standard InChI is InChI=1S/C13H12N2O3/c16-13(17)10-8-11-12(9-4-2-1-3-5-9)18-7-6-15(11)14-10/h1-5,8,12H,6-7H2,(H,16,17)/t12-/m0/s1. The van der Waals surface area contributed by atoms with Gasteiger partial charge in [0.2, 0.25) is 0 Å². The largest absolute Gasteiger partial charge is 0.476 e. The van der Waals surface area contributed by atoms with Crippen LogP contribution in [-0.4, -0.2) is 27.5 Å². The fourth-order valence-electron chi connectivity index (χ4n) is 2.16. The molecule has 1 N–H and O–H groups in total. The first-order chi connectivity index (χ1) is 8.75. The van der Waals surface area contributed by atoms with E-state index in [2.05, 4.69) is 5.10 Å². The summed E-state index contributed by atoms with van der Waals surface area (Å²) in [5, 5.41) is 13.0. The molecule has 5 nitrogen and oxygen atoms in total. The summed E-state index contributed by atoms with van der Waals surface area (Å²) >= 11 is 0. The molecule has 5 heteroatoms. The molecule has 2 heterocycles. The van der Waals surface area contributed by atoms with E-state index in [9.17, 15) is 4.79 Å². The molecule has 0 spiro atoms. The molecule has 1 atom stereocenters. The second kappa shape index (κ2) is 4.27. The maximum atomic E-state index is 10.9. The first-order valence-corrected chi connectivity index (χ1v) is 5.73. The van der Waals surface area contributed by atoms with Gasteiger partial charge in [0.15, 0.2) is 5.69 Å². The molecular formula is C13H12N2O3. The van der Waals surface area contributed by atoms with Crippen molar-refractivity contribution in [2.24, 2.45) is 0 Å². The van der Waals surface area contributed by atoms with Gasteiger partial charge in [-0.15, -0.1) is 0 Å².